The van der Waals surface area contributed by atoms with Crippen molar-refractivity contribution in [3.8, 4) is 0 Å². The van der Waals surface area contributed by atoms with Crippen molar-refractivity contribution in [2.45, 2.75) is 20.0 Å². The summed E-state index contributed by atoms with van der Waals surface area (Å²) in [6.45, 7) is 2.38. The highest BCUT2D eigenvalue weighted by molar-refractivity contribution is 5.67. The van der Waals surface area contributed by atoms with Gasteiger partial charge in [0.2, 0.25) is 5.82 Å². The Labute approximate surface area is 91.5 Å². The Morgan fingerprint density at radius 3 is 2.50 bits per heavy atom. The van der Waals surface area contributed by atoms with Crippen molar-refractivity contribution in [2.24, 2.45) is 7.05 Å². The average Bonchev–Trinajstić information content (AvgIpc) is 2.58. The molecule has 1 rings (SSSR count). The molecule has 1 heterocycles. The van der Waals surface area contributed by atoms with Crippen LogP contribution in [0.5, 0.6) is 0 Å². The molecule has 1 aromatic rings. The van der Waals surface area contributed by atoms with Gasteiger partial charge >= 0.3 is 11.9 Å². The Hall–Kier alpha value is -1.99. The summed E-state index contributed by atoms with van der Waals surface area (Å²) >= 11 is 0. The van der Waals surface area contributed by atoms with E-state index < -0.39 is 18.0 Å². The number of hydrogen-bond donors (Lipinski definition) is 0. The van der Waals surface area contributed by atoms with E-state index in [9.17, 15) is 9.59 Å². The highest BCUT2D eigenvalue weighted by Gasteiger charge is 2.21. The number of carbonyl (C=O) groups is 2. The quantitative estimate of drug-likeness (QED) is 0.633. The predicted molar refractivity (Wildman–Crippen MR) is 49.9 cm³/mol. The molecule has 0 saturated carbocycles. The molecule has 0 aliphatic carbocycles. The van der Waals surface area contributed by atoms with Gasteiger partial charge in [-0.2, -0.15) is 4.80 Å². The third-order valence-electron chi connectivity index (χ3n) is 1.56. The van der Waals surface area contributed by atoms with Crippen molar-refractivity contribution < 1.29 is 19.1 Å². The maximum atomic E-state index is 10.8. The van der Waals surface area contributed by atoms with Crippen LogP contribution >= 0.6 is 0 Å². The standard InChI is InChI=1S/C8H12N4O4/c1-5(13)15-4-7(16-6(2)14)8-9-11-12(3)10-8/h7H,4H2,1-3H3. The van der Waals surface area contributed by atoms with Crippen molar-refractivity contribution in [2.75, 3.05) is 6.61 Å². The topological polar surface area (TPSA) is 96.2 Å². The summed E-state index contributed by atoms with van der Waals surface area (Å²) in [5.41, 5.74) is 0. The Morgan fingerprint density at radius 1 is 1.38 bits per heavy atom. The van der Waals surface area contributed by atoms with Gasteiger partial charge in [0.25, 0.3) is 0 Å². The minimum Gasteiger partial charge on any atom is -0.461 e. The number of nitrogens with zero attached hydrogens (tertiary/aromatic N) is 4. The van der Waals surface area contributed by atoms with E-state index in [1.165, 1.54) is 18.6 Å². The van der Waals surface area contributed by atoms with E-state index in [1.807, 2.05) is 0 Å². The van der Waals surface area contributed by atoms with E-state index in [-0.39, 0.29) is 12.4 Å². The van der Waals surface area contributed by atoms with Gasteiger partial charge in [0.05, 0.1) is 7.05 Å². The van der Waals surface area contributed by atoms with Gasteiger partial charge in [0.1, 0.15) is 6.61 Å². The van der Waals surface area contributed by atoms with Crippen molar-refractivity contribution in [3.63, 3.8) is 0 Å². The van der Waals surface area contributed by atoms with Crippen LogP contribution in [-0.4, -0.2) is 38.8 Å². The summed E-state index contributed by atoms with van der Waals surface area (Å²) in [5, 5.41) is 11.1. The molecule has 1 aromatic heterocycles. The summed E-state index contributed by atoms with van der Waals surface area (Å²) in [4.78, 5) is 22.7. The molecule has 0 aliphatic heterocycles. The summed E-state index contributed by atoms with van der Waals surface area (Å²) in [7, 11) is 1.58. The van der Waals surface area contributed by atoms with Gasteiger partial charge < -0.3 is 9.47 Å². The second-order valence-electron chi connectivity index (χ2n) is 3.04. The first-order chi connectivity index (χ1) is 7.49. The van der Waals surface area contributed by atoms with E-state index in [4.69, 9.17) is 9.47 Å². The second kappa shape index (κ2) is 5.19. The molecule has 0 amide bonds. The van der Waals surface area contributed by atoms with Crippen molar-refractivity contribution in [1.29, 1.82) is 0 Å². The molecule has 0 spiro atoms. The number of esters is 2. The average molecular weight is 228 g/mol. The molecule has 88 valence electrons. The lowest BCUT2D eigenvalue weighted by atomic mass is 10.3. The Morgan fingerprint density at radius 2 is 2.06 bits per heavy atom. The number of carbonyl (C=O) groups excluding carboxylic acids is 2. The Kier molecular flexibility index (Phi) is 3.92. The van der Waals surface area contributed by atoms with Gasteiger partial charge in [-0.15, -0.1) is 10.2 Å². The molecule has 8 nitrogen and oxygen atoms in total. The maximum absolute atomic E-state index is 10.8. The van der Waals surface area contributed by atoms with E-state index in [0.29, 0.717) is 0 Å². The zero-order chi connectivity index (χ0) is 12.1. The number of aromatic nitrogens is 4. The smallest absolute Gasteiger partial charge is 0.303 e. The largest absolute Gasteiger partial charge is 0.461 e. The summed E-state index contributed by atoms with van der Waals surface area (Å²) in [5.74, 6) is -0.787. The maximum Gasteiger partial charge on any atom is 0.303 e. The SMILES string of the molecule is CC(=O)OCC(OC(C)=O)c1nnn(C)n1. The molecule has 0 fully saturated rings. The zero-order valence-electron chi connectivity index (χ0n) is 9.21. The van der Waals surface area contributed by atoms with Gasteiger partial charge in [-0.05, 0) is 5.21 Å². The van der Waals surface area contributed by atoms with Gasteiger partial charge in [0, 0.05) is 13.8 Å². The first-order valence-electron chi connectivity index (χ1n) is 4.53. The molecule has 0 bridgehead atoms. The normalized spacial score (nSPS) is 11.9. The highest BCUT2D eigenvalue weighted by Crippen LogP contribution is 2.12. The van der Waals surface area contributed by atoms with E-state index in [0.717, 1.165) is 0 Å². The van der Waals surface area contributed by atoms with Crippen molar-refractivity contribution in [3.05, 3.63) is 5.82 Å². The fraction of sp³-hybridized carbons (Fsp3) is 0.625. The molecule has 1 unspecified atom stereocenters. The van der Waals surface area contributed by atoms with Crippen LogP contribution in [0.1, 0.15) is 25.8 Å². The van der Waals surface area contributed by atoms with Crippen LogP contribution < -0.4 is 0 Å². The molecule has 0 radical (unpaired) electrons. The van der Waals surface area contributed by atoms with Crippen LogP contribution in [0, 0.1) is 0 Å². The Balaban J connectivity index is 2.70. The first-order valence-corrected chi connectivity index (χ1v) is 4.53. The number of aryl methyl sites for hydroxylation is 1. The van der Waals surface area contributed by atoms with Crippen LogP contribution in [0.2, 0.25) is 0 Å². The molecule has 8 heteroatoms. The number of hydrogen-bond acceptors (Lipinski definition) is 7. The fourth-order valence-electron chi connectivity index (χ4n) is 0.982. The third-order valence-corrected chi connectivity index (χ3v) is 1.56. The second-order valence-corrected chi connectivity index (χ2v) is 3.04. The van der Waals surface area contributed by atoms with E-state index in [1.54, 1.807) is 7.05 Å². The van der Waals surface area contributed by atoms with E-state index in [2.05, 4.69) is 15.4 Å². The van der Waals surface area contributed by atoms with Crippen LogP contribution in [0.3, 0.4) is 0 Å². The first kappa shape index (κ1) is 12.1. The number of rotatable bonds is 4. The van der Waals surface area contributed by atoms with Crippen molar-refractivity contribution >= 4 is 11.9 Å². The molecule has 1 atom stereocenters. The number of ether oxygens (including phenoxy) is 2. The van der Waals surface area contributed by atoms with Gasteiger partial charge in [-0.25, -0.2) is 0 Å². The molecule has 0 N–H and O–H groups in total. The van der Waals surface area contributed by atoms with Gasteiger partial charge in [-0.1, -0.05) is 0 Å². The third kappa shape index (κ3) is 3.64. The molecule has 0 saturated heterocycles. The zero-order valence-corrected chi connectivity index (χ0v) is 9.21. The minimum atomic E-state index is -0.824. The lowest BCUT2D eigenvalue weighted by Gasteiger charge is -2.12. The van der Waals surface area contributed by atoms with Crippen LogP contribution in [0.15, 0.2) is 0 Å². The van der Waals surface area contributed by atoms with Crippen molar-refractivity contribution in [1.82, 2.24) is 20.2 Å². The fourth-order valence-corrected chi connectivity index (χ4v) is 0.982. The molecular weight excluding hydrogens is 216 g/mol. The number of tetrazole rings is 1. The Bertz CT molecular complexity index is 389. The van der Waals surface area contributed by atoms with Crippen LogP contribution in [0.4, 0.5) is 0 Å². The summed E-state index contributed by atoms with van der Waals surface area (Å²) in [6, 6.07) is 0. The monoisotopic (exact) mass is 228 g/mol. The molecule has 16 heavy (non-hydrogen) atoms. The van der Waals surface area contributed by atoms with Crippen LogP contribution in [0.25, 0.3) is 0 Å². The molecule has 0 aliphatic rings. The van der Waals surface area contributed by atoms with E-state index >= 15 is 0 Å². The lowest BCUT2D eigenvalue weighted by Crippen LogP contribution is -2.18. The molecule has 0 aromatic carbocycles. The minimum absolute atomic E-state index is 0.124. The summed E-state index contributed by atoms with van der Waals surface area (Å²) in [6.07, 6.45) is -0.824. The van der Waals surface area contributed by atoms with Gasteiger partial charge in [-0.3, -0.25) is 9.59 Å². The van der Waals surface area contributed by atoms with Gasteiger partial charge in [0.15, 0.2) is 6.10 Å². The highest BCUT2D eigenvalue weighted by atomic mass is 16.6. The predicted octanol–water partition coefficient (Wildman–Crippen LogP) is -0.623. The lowest BCUT2D eigenvalue weighted by molar-refractivity contribution is -0.157. The summed E-state index contributed by atoms with van der Waals surface area (Å²) < 4.78 is 9.64. The molecular formula is C8H12N4O4. The van der Waals surface area contributed by atoms with Crippen LogP contribution in [-0.2, 0) is 26.1 Å².